The van der Waals surface area contributed by atoms with E-state index in [4.69, 9.17) is 0 Å². The second-order valence-corrected chi connectivity index (χ2v) is 5.51. The second-order valence-electron chi connectivity index (χ2n) is 5.51. The van der Waals surface area contributed by atoms with Crippen molar-refractivity contribution in [2.24, 2.45) is 5.92 Å². The van der Waals surface area contributed by atoms with Crippen molar-refractivity contribution >= 4 is 11.9 Å². The van der Waals surface area contributed by atoms with Crippen molar-refractivity contribution in [3.63, 3.8) is 0 Å². The first-order chi connectivity index (χ1) is 9.52. The van der Waals surface area contributed by atoms with E-state index in [-0.39, 0.29) is 30.4 Å². The van der Waals surface area contributed by atoms with Gasteiger partial charge in [0, 0.05) is 12.0 Å². The van der Waals surface area contributed by atoms with Crippen LogP contribution in [0.25, 0.3) is 0 Å². The maximum absolute atomic E-state index is 12.6. The number of nitrogens with zero attached hydrogens (tertiary/aromatic N) is 1. The van der Waals surface area contributed by atoms with Crippen LogP contribution < -0.4 is 0 Å². The number of fused-ring (bicyclic) bond motifs is 1. The number of hydrogen-bond acceptors (Lipinski definition) is 3. The number of methoxy groups -OCH3 is 1. The molecular weight excluding hydrogens is 254 g/mol. The Hall–Kier alpha value is -1.84. The average Bonchev–Trinajstić information content (AvgIpc) is 2.87. The van der Waals surface area contributed by atoms with Gasteiger partial charge < -0.3 is 9.64 Å². The highest BCUT2D eigenvalue weighted by Crippen LogP contribution is 2.28. The fraction of sp³-hybridized carbons (Fsp3) is 0.500. The van der Waals surface area contributed by atoms with E-state index in [1.807, 2.05) is 26.0 Å². The van der Waals surface area contributed by atoms with Crippen molar-refractivity contribution < 1.29 is 14.3 Å². The van der Waals surface area contributed by atoms with E-state index in [0.29, 0.717) is 0 Å². The molecule has 1 aromatic carbocycles. The minimum absolute atomic E-state index is 0.00897. The first kappa shape index (κ1) is 14.6. The summed E-state index contributed by atoms with van der Waals surface area (Å²) in [6.07, 6.45) is 1.53. The standard InChI is InChI=1S/C16H21NO3/c1-11(2)17(10-15(18)20-3)16(19)14-8-12-6-4-5-7-13(12)9-14/h4-7,11,14H,8-10H2,1-3H3. The zero-order chi connectivity index (χ0) is 14.7. The normalized spacial score (nSPS) is 14.2. The maximum Gasteiger partial charge on any atom is 0.325 e. The van der Waals surface area contributed by atoms with Gasteiger partial charge in [-0.3, -0.25) is 9.59 Å². The summed E-state index contributed by atoms with van der Waals surface area (Å²) in [5, 5.41) is 0. The summed E-state index contributed by atoms with van der Waals surface area (Å²) in [6.45, 7) is 3.87. The van der Waals surface area contributed by atoms with Crippen molar-refractivity contribution in [2.75, 3.05) is 13.7 Å². The van der Waals surface area contributed by atoms with Crippen LogP contribution in [0.15, 0.2) is 24.3 Å². The molecule has 4 nitrogen and oxygen atoms in total. The molecule has 0 saturated heterocycles. The lowest BCUT2D eigenvalue weighted by atomic mass is 10.0. The predicted molar refractivity (Wildman–Crippen MR) is 76.2 cm³/mol. The van der Waals surface area contributed by atoms with Crippen LogP contribution in [0.5, 0.6) is 0 Å². The number of ether oxygens (including phenoxy) is 1. The third kappa shape index (κ3) is 3.00. The monoisotopic (exact) mass is 275 g/mol. The molecule has 2 rings (SSSR count). The Morgan fingerprint density at radius 1 is 1.25 bits per heavy atom. The average molecular weight is 275 g/mol. The SMILES string of the molecule is COC(=O)CN(C(=O)C1Cc2ccccc2C1)C(C)C. The van der Waals surface area contributed by atoms with Crippen molar-refractivity contribution in [2.45, 2.75) is 32.7 Å². The van der Waals surface area contributed by atoms with Gasteiger partial charge in [-0.1, -0.05) is 24.3 Å². The molecule has 108 valence electrons. The van der Waals surface area contributed by atoms with E-state index in [1.165, 1.54) is 18.2 Å². The third-order valence-electron chi connectivity index (χ3n) is 3.83. The molecule has 0 spiro atoms. The van der Waals surface area contributed by atoms with Crippen LogP contribution >= 0.6 is 0 Å². The molecule has 0 unspecified atom stereocenters. The highest BCUT2D eigenvalue weighted by molar-refractivity contribution is 5.85. The highest BCUT2D eigenvalue weighted by atomic mass is 16.5. The van der Waals surface area contributed by atoms with Gasteiger partial charge >= 0.3 is 5.97 Å². The van der Waals surface area contributed by atoms with E-state index >= 15 is 0 Å². The van der Waals surface area contributed by atoms with Crippen LogP contribution in [0.4, 0.5) is 0 Å². The lowest BCUT2D eigenvalue weighted by Crippen LogP contribution is -2.44. The smallest absolute Gasteiger partial charge is 0.325 e. The molecule has 1 amide bonds. The number of carbonyl (C=O) groups is 2. The lowest BCUT2D eigenvalue weighted by molar-refractivity contribution is -0.149. The largest absolute Gasteiger partial charge is 0.468 e. The van der Waals surface area contributed by atoms with E-state index in [1.54, 1.807) is 4.90 Å². The number of esters is 1. The molecule has 1 aliphatic carbocycles. The van der Waals surface area contributed by atoms with Gasteiger partial charge in [0.1, 0.15) is 6.54 Å². The van der Waals surface area contributed by atoms with Gasteiger partial charge in [-0.2, -0.15) is 0 Å². The number of hydrogen-bond donors (Lipinski definition) is 0. The molecule has 1 aliphatic rings. The summed E-state index contributed by atoms with van der Waals surface area (Å²) in [5.41, 5.74) is 2.49. The van der Waals surface area contributed by atoms with E-state index in [2.05, 4.69) is 16.9 Å². The molecule has 0 radical (unpaired) electrons. The van der Waals surface area contributed by atoms with Gasteiger partial charge in [0.25, 0.3) is 0 Å². The van der Waals surface area contributed by atoms with Crippen LogP contribution in [0.1, 0.15) is 25.0 Å². The number of carbonyl (C=O) groups excluding carboxylic acids is 2. The Morgan fingerprint density at radius 2 is 1.80 bits per heavy atom. The predicted octanol–water partition coefficient (Wildman–Crippen LogP) is 1.81. The Balaban J connectivity index is 2.08. The van der Waals surface area contributed by atoms with Crippen LogP contribution in [0, 0.1) is 5.92 Å². The quantitative estimate of drug-likeness (QED) is 0.787. The Labute approximate surface area is 119 Å². The van der Waals surface area contributed by atoms with Gasteiger partial charge in [0.05, 0.1) is 7.11 Å². The Kier molecular flexibility index (Phi) is 4.42. The van der Waals surface area contributed by atoms with E-state index < -0.39 is 0 Å². The summed E-state index contributed by atoms with van der Waals surface area (Å²) in [5.74, 6) is -0.386. The molecule has 4 heteroatoms. The number of amides is 1. The van der Waals surface area contributed by atoms with Crippen LogP contribution in [-0.4, -0.2) is 36.5 Å². The maximum atomic E-state index is 12.6. The summed E-state index contributed by atoms with van der Waals surface area (Å²) in [7, 11) is 1.34. The summed E-state index contributed by atoms with van der Waals surface area (Å²) in [4.78, 5) is 25.7. The number of rotatable bonds is 4. The number of benzene rings is 1. The van der Waals surface area contributed by atoms with Crippen LogP contribution in [-0.2, 0) is 27.2 Å². The minimum atomic E-state index is -0.373. The van der Waals surface area contributed by atoms with Gasteiger partial charge in [-0.25, -0.2) is 0 Å². The molecule has 0 bridgehead atoms. The zero-order valence-corrected chi connectivity index (χ0v) is 12.3. The van der Waals surface area contributed by atoms with Crippen molar-refractivity contribution in [1.82, 2.24) is 4.90 Å². The fourth-order valence-corrected chi connectivity index (χ4v) is 2.69. The zero-order valence-electron chi connectivity index (χ0n) is 12.3. The molecule has 0 aliphatic heterocycles. The molecule has 0 N–H and O–H groups in total. The van der Waals surface area contributed by atoms with Gasteiger partial charge in [0.2, 0.25) is 5.91 Å². The molecule has 0 aromatic heterocycles. The lowest BCUT2D eigenvalue weighted by Gasteiger charge is -2.28. The molecule has 1 aromatic rings. The molecule has 20 heavy (non-hydrogen) atoms. The van der Waals surface area contributed by atoms with Gasteiger partial charge in [-0.15, -0.1) is 0 Å². The van der Waals surface area contributed by atoms with E-state index in [9.17, 15) is 9.59 Å². The fourth-order valence-electron chi connectivity index (χ4n) is 2.69. The molecular formula is C16H21NO3. The second kappa shape index (κ2) is 6.07. The first-order valence-electron chi connectivity index (χ1n) is 6.97. The summed E-state index contributed by atoms with van der Waals surface area (Å²) >= 11 is 0. The van der Waals surface area contributed by atoms with Crippen molar-refractivity contribution in [3.05, 3.63) is 35.4 Å². The third-order valence-corrected chi connectivity index (χ3v) is 3.83. The molecule has 0 atom stereocenters. The highest BCUT2D eigenvalue weighted by Gasteiger charge is 2.32. The van der Waals surface area contributed by atoms with Crippen LogP contribution in [0.3, 0.4) is 0 Å². The summed E-state index contributed by atoms with van der Waals surface area (Å²) in [6, 6.07) is 8.14. The molecule has 0 heterocycles. The van der Waals surface area contributed by atoms with Gasteiger partial charge in [0.15, 0.2) is 0 Å². The molecule has 0 saturated carbocycles. The molecule has 0 fully saturated rings. The van der Waals surface area contributed by atoms with E-state index in [0.717, 1.165) is 12.8 Å². The van der Waals surface area contributed by atoms with Crippen molar-refractivity contribution in [1.29, 1.82) is 0 Å². The topological polar surface area (TPSA) is 46.6 Å². The Morgan fingerprint density at radius 3 is 2.25 bits per heavy atom. The first-order valence-corrected chi connectivity index (χ1v) is 6.97. The Bertz CT molecular complexity index is 485. The van der Waals surface area contributed by atoms with Gasteiger partial charge in [-0.05, 0) is 37.8 Å². The minimum Gasteiger partial charge on any atom is -0.468 e. The van der Waals surface area contributed by atoms with Crippen molar-refractivity contribution in [3.8, 4) is 0 Å². The summed E-state index contributed by atoms with van der Waals surface area (Å²) < 4.78 is 4.67. The van der Waals surface area contributed by atoms with Crippen LogP contribution in [0.2, 0.25) is 0 Å².